The van der Waals surface area contributed by atoms with E-state index in [4.69, 9.17) is 5.11 Å². The lowest BCUT2D eigenvalue weighted by molar-refractivity contribution is -0.141. The van der Waals surface area contributed by atoms with Gasteiger partial charge in [0.25, 0.3) is 0 Å². The molecular weight excluding hydrogens is 218 g/mol. The lowest BCUT2D eigenvalue weighted by atomic mass is 10.1. The van der Waals surface area contributed by atoms with Gasteiger partial charge in [-0.2, -0.15) is 0 Å². The summed E-state index contributed by atoms with van der Waals surface area (Å²) in [5.41, 5.74) is 0. The van der Waals surface area contributed by atoms with Gasteiger partial charge in [-0.15, -0.1) is 0 Å². The van der Waals surface area contributed by atoms with E-state index >= 15 is 0 Å². The Morgan fingerprint density at radius 3 is 2.13 bits per heavy atom. The number of hydrogen-bond donors (Lipinski definition) is 1. The van der Waals surface area contributed by atoms with Crippen molar-refractivity contribution < 1.29 is 18.3 Å². The third-order valence-corrected chi connectivity index (χ3v) is 3.25. The van der Waals surface area contributed by atoms with Gasteiger partial charge in [0, 0.05) is 18.8 Å². The topological polar surface area (TPSA) is 74.7 Å². The minimum absolute atomic E-state index is 0.200. The summed E-state index contributed by atoms with van der Waals surface area (Å²) >= 11 is 0. The monoisotopic (exact) mass is 237 g/mol. The van der Waals surface area contributed by atoms with E-state index in [0.29, 0.717) is 0 Å². The smallest absolute Gasteiger partial charge is 0.308 e. The van der Waals surface area contributed by atoms with Gasteiger partial charge in [-0.3, -0.25) is 4.79 Å². The molecule has 6 heteroatoms. The average molecular weight is 237 g/mol. The molecule has 0 radical (unpaired) electrons. The van der Waals surface area contributed by atoms with Crippen LogP contribution in [0.4, 0.5) is 0 Å². The number of carbonyl (C=O) groups is 1. The van der Waals surface area contributed by atoms with Crippen LogP contribution in [0.1, 0.15) is 13.8 Å². The summed E-state index contributed by atoms with van der Waals surface area (Å²) in [6, 6.07) is 0.200. The van der Waals surface area contributed by atoms with Gasteiger partial charge in [0.15, 0.2) is 0 Å². The molecule has 0 rings (SSSR count). The molecule has 1 N–H and O–H groups in total. The van der Waals surface area contributed by atoms with Crippen LogP contribution in [-0.2, 0) is 14.6 Å². The van der Waals surface area contributed by atoms with E-state index < -0.39 is 21.7 Å². The zero-order valence-electron chi connectivity index (χ0n) is 9.60. The summed E-state index contributed by atoms with van der Waals surface area (Å²) in [5.74, 6) is -2.22. The first kappa shape index (κ1) is 14.4. The first-order valence-corrected chi connectivity index (χ1v) is 6.80. The Morgan fingerprint density at radius 2 is 1.87 bits per heavy atom. The normalized spacial score (nSPS) is 14.5. The van der Waals surface area contributed by atoms with E-state index in [0.717, 1.165) is 6.26 Å². The third-order valence-electron chi connectivity index (χ3n) is 2.24. The molecule has 1 atom stereocenters. The number of hydrogen-bond acceptors (Lipinski definition) is 4. The fourth-order valence-corrected chi connectivity index (χ4v) is 2.10. The van der Waals surface area contributed by atoms with Crippen LogP contribution in [0.5, 0.6) is 0 Å². The van der Waals surface area contributed by atoms with Gasteiger partial charge in [-0.1, -0.05) is 0 Å². The number of carboxylic acid groups (broad SMARTS) is 1. The standard InChI is InChI=1S/C9H19NO4S/c1-7(2)10(3)5-8(9(11)12)6-15(4,13)14/h7-8H,5-6H2,1-4H3,(H,11,12). The SMILES string of the molecule is CC(C)N(C)CC(CS(C)(=O)=O)C(=O)O. The number of aliphatic carboxylic acids is 1. The van der Waals surface area contributed by atoms with Crippen molar-refractivity contribution in [1.82, 2.24) is 4.90 Å². The molecule has 5 nitrogen and oxygen atoms in total. The quantitative estimate of drug-likeness (QED) is 0.707. The first-order valence-electron chi connectivity index (χ1n) is 4.74. The lowest BCUT2D eigenvalue weighted by Crippen LogP contribution is -2.37. The molecule has 90 valence electrons. The van der Waals surface area contributed by atoms with Gasteiger partial charge < -0.3 is 10.0 Å². The maximum absolute atomic E-state index is 11.0. The number of carboxylic acids is 1. The highest BCUT2D eigenvalue weighted by atomic mass is 32.2. The summed E-state index contributed by atoms with van der Waals surface area (Å²) < 4.78 is 22.0. The minimum atomic E-state index is -3.25. The summed E-state index contributed by atoms with van der Waals surface area (Å²) in [4.78, 5) is 12.7. The van der Waals surface area contributed by atoms with E-state index in [9.17, 15) is 13.2 Å². The summed E-state index contributed by atoms with van der Waals surface area (Å²) in [6.07, 6.45) is 1.05. The molecule has 0 spiro atoms. The van der Waals surface area contributed by atoms with Crippen LogP contribution in [0.3, 0.4) is 0 Å². The average Bonchev–Trinajstić information content (AvgIpc) is 1.99. The Balaban J connectivity index is 4.50. The molecule has 0 aromatic rings. The molecule has 0 aromatic carbocycles. The van der Waals surface area contributed by atoms with Crippen molar-refractivity contribution in [1.29, 1.82) is 0 Å². The van der Waals surface area contributed by atoms with Gasteiger partial charge in [-0.05, 0) is 20.9 Å². The molecule has 0 aliphatic heterocycles. The fraction of sp³-hybridized carbons (Fsp3) is 0.889. The second-order valence-electron chi connectivity index (χ2n) is 4.16. The number of sulfone groups is 1. The Hall–Kier alpha value is -0.620. The fourth-order valence-electron chi connectivity index (χ4n) is 1.13. The molecule has 1 unspecified atom stereocenters. The molecule has 0 saturated carbocycles. The van der Waals surface area contributed by atoms with E-state index in [1.807, 2.05) is 18.7 Å². The van der Waals surface area contributed by atoms with Crippen molar-refractivity contribution in [3.63, 3.8) is 0 Å². The molecule has 0 fully saturated rings. The predicted octanol–water partition coefficient (Wildman–Crippen LogP) is 0.0720. The number of rotatable bonds is 6. The molecule has 0 aliphatic carbocycles. The summed E-state index contributed by atoms with van der Waals surface area (Å²) in [5, 5.41) is 8.88. The lowest BCUT2D eigenvalue weighted by Gasteiger charge is -2.24. The van der Waals surface area contributed by atoms with Gasteiger partial charge >= 0.3 is 5.97 Å². The van der Waals surface area contributed by atoms with Crippen LogP contribution in [0.15, 0.2) is 0 Å². The summed E-state index contributed by atoms with van der Waals surface area (Å²) in [7, 11) is -1.47. The first-order chi connectivity index (χ1) is 6.63. The molecule has 0 heterocycles. The zero-order chi connectivity index (χ0) is 12.2. The maximum Gasteiger partial charge on any atom is 0.308 e. The Morgan fingerprint density at radius 1 is 1.40 bits per heavy atom. The van der Waals surface area contributed by atoms with Crippen molar-refractivity contribution in [3.05, 3.63) is 0 Å². The second kappa shape index (κ2) is 5.46. The van der Waals surface area contributed by atoms with Gasteiger partial charge in [0.1, 0.15) is 9.84 Å². The molecule has 0 aliphatic rings. The largest absolute Gasteiger partial charge is 0.481 e. The Bertz CT molecular complexity index is 310. The highest BCUT2D eigenvalue weighted by Gasteiger charge is 2.24. The zero-order valence-corrected chi connectivity index (χ0v) is 10.4. The van der Waals surface area contributed by atoms with E-state index in [2.05, 4.69) is 0 Å². The van der Waals surface area contributed by atoms with E-state index in [-0.39, 0.29) is 18.3 Å². The van der Waals surface area contributed by atoms with Crippen LogP contribution >= 0.6 is 0 Å². The predicted molar refractivity (Wildman–Crippen MR) is 58.6 cm³/mol. The molecule has 0 saturated heterocycles. The van der Waals surface area contributed by atoms with Crippen molar-refractivity contribution in [3.8, 4) is 0 Å². The minimum Gasteiger partial charge on any atom is -0.481 e. The number of nitrogens with zero attached hydrogens (tertiary/aromatic N) is 1. The molecule has 0 amide bonds. The molecule has 0 bridgehead atoms. The van der Waals surface area contributed by atoms with Crippen LogP contribution in [0.25, 0.3) is 0 Å². The highest BCUT2D eigenvalue weighted by molar-refractivity contribution is 7.90. The van der Waals surface area contributed by atoms with Gasteiger partial charge in [0.2, 0.25) is 0 Å². The van der Waals surface area contributed by atoms with Crippen molar-refractivity contribution in [2.75, 3.05) is 25.6 Å². The van der Waals surface area contributed by atoms with Crippen LogP contribution in [0, 0.1) is 5.92 Å². The third kappa shape index (κ3) is 6.46. The highest BCUT2D eigenvalue weighted by Crippen LogP contribution is 2.06. The second-order valence-corrected chi connectivity index (χ2v) is 6.35. The molecular formula is C9H19NO4S. The Kier molecular flexibility index (Phi) is 5.23. The van der Waals surface area contributed by atoms with Gasteiger partial charge in [-0.25, -0.2) is 8.42 Å². The summed E-state index contributed by atoms with van der Waals surface area (Å²) in [6.45, 7) is 4.11. The maximum atomic E-state index is 11.0. The van der Waals surface area contributed by atoms with E-state index in [1.165, 1.54) is 0 Å². The Labute approximate surface area is 91.0 Å². The van der Waals surface area contributed by atoms with Crippen LogP contribution in [0.2, 0.25) is 0 Å². The van der Waals surface area contributed by atoms with Crippen molar-refractivity contribution >= 4 is 15.8 Å². The molecule has 15 heavy (non-hydrogen) atoms. The van der Waals surface area contributed by atoms with Crippen LogP contribution in [-0.4, -0.2) is 56.0 Å². The van der Waals surface area contributed by atoms with Crippen LogP contribution < -0.4 is 0 Å². The van der Waals surface area contributed by atoms with Gasteiger partial charge in [0.05, 0.1) is 11.7 Å². The molecule has 0 aromatic heterocycles. The van der Waals surface area contributed by atoms with Crippen molar-refractivity contribution in [2.24, 2.45) is 5.92 Å². The van der Waals surface area contributed by atoms with E-state index in [1.54, 1.807) is 7.05 Å². The van der Waals surface area contributed by atoms with Crippen molar-refractivity contribution in [2.45, 2.75) is 19.9 Å².